The Balaban J connectivity index is 1.50. The normalized spacial score (nSPS) is 10.4. The van der Waals surface area contributed by atoms with Crippen molar-refractivity contribution in [3.63, 3.8) is 0 Å². The summed E-state index contributed by atoms with van der Waals surface area (Å²) in [4.78, 5) is 23.8. The van der Waals surface area contributed by atoms with Gasteiger partial charge >= 0.3 is 5.97 Å². The SMILES string of the molecule is O=C(Cn1cc(COC(=O)c2ccc(F)cc2)nn1)Nc1ccc(F)cc1. The topological polar surface area (TPSA) is 86.1 Å². The number of rotatable bonds is 6. The zero-order valence-corrected chi connectivity index (χ0v) is 13.9. The van der Waals surface area contributed by atoms with Crippen LogP contribution in [0.2, 0.25) is 0 Å². The summed E-state index contributed by atoms with van der Waals surface area (Å²) in [5.74, 6) is -1.85. The average Bonchev–Trinajstić information content (AvgIpc) is 3.09. The predicted octanol–water partition coefficient (Wildman–Crippen LogP) is 2.55. The summed E-state index contributed by atoms with van der Waals surface area (Å²) in [7, 11) is 0. The fourth-order valence-electron chi connectivity index (χ4n) is 2.17. The Labute approximate surface area is 152 Å². The molecule has 0 aliphatic heterocycles. The molecule has 0 atom stereocenters. The van der Waals surface area contributed by atoms with Crippen LogP contribution in [0.1, 0.15) is 16.1 Å². The molecule has 0 fully saturated rings. The van der Waals surface area contributed by atoms with Gasteiger partial charge in [-0.1, -0.05) is 5.21 Å². The predicted molar refractivity (Wildman–Crippen MR) is 90.6 cm³/mol. The second kappa shape index (κ2) is 8.17. The number of amides is 1. The molecule has 0 radical (unpaired) electrons. The van der Waals surface area contributed by atoms with Crippen LogP contribution >= 0.6 is 0 Å². The van der Waals surface area contributed by atoms with E-state index in [0.29, 0.717) is 11.4 Å². The van der Waals surface area contributed by atoms with E-state index in [2.05, 4.69) is 15.6 Å². The minimum Gasteiger partial charge on any atom is -0.455 e. The second-order valence-corrected chi connectivity index (χ2v) is 5.55. The highest BCUT2D eigenvalue weighted by molar-refractivity contribution is 5.90. The lowest BCUT2D eigenvalue weighted by Crippen LogP contribution is -2.19. The summed E-state index contributed by atoms with van der Waals surface area (Å²) in [6.45, 7) is -0.258. The number of hydrogen-bond acceptors (Lipinski definition) is 5. The van der Waals surface area contributed by atoms with Crippen LogP contribution in [0.25, 0.3) is 0 Å². The standard InChI is InChI=1S/C18H14F2N4O3/c19-13-3-1-12(2-4-13)18(26)27-11-16-9-24(23-22-16)10-17(25)21-15-7-5-14(20)6-8-15/h1-9H,10-11H2,(H,21,25). The molecule has 0 saturated heterocycles. The third kappa shape index (κ3) is 5.18. The summed E-state index contributed by atoms with van der Waals surface area (Å²) in [5, 5.41) is 10.2. The van der Waals surface area contributed by atoms with Crippen molar-refractivity contribution in [2.45, 2.75) is 13.2 Å². The second-order valence-electron chi connectivity index (χ2n) is 5.55. The zero-order valence-electron chi connectivity index (χ0n) is 13.9. The van der Waals surface area contributed by atoms with Gasteiger partial charge in [0, 0.05) is 5.69 Å². The smallest absolute Gasteiger partial charge is 0.338 e. The largest absolute Gasteiger partial charge is 0.455 e. The number of benzene rings is 2. The number of anilines is 1. The molecule has 0 aliphatic rings. The molecule has 0 aliphatic carbocycles. The van der Waals surface area contributed by atoms with Crippen molar-refractivity contribution in [3.8, 4) is 0 Å². The van der Waals surface area contributed by atoms with Gasteiger partial charge in [0.25, 0.3) is 0 Å². The lowest BCUT2D eigenvalue weighted by molar-refractivity contribution is -0.116. The van der Waals surface area contributed by atoms with Gasteiger partial charge in [0.1, 0.15) is 30.5 Å². The fourth-order valence-corrected chi connectivity index (χ4v) is 2.17. The lowest BCUT2D eigenvalue weighted by atomic mass is 10.2. The van der Waals surface area contributed by atoms with Gasteiger partial charge in [-0.05, 0) is 48.5 Å². The molecule has 3 aromatic rings. The first-order chi connectivity index (χ1) is 13.0. The first kappa shape index (κ1) is 18.2. The van der Waals surface area contributed by atoms with Crippen molar-refractivity contribution >= 4 is 17.6 Å². The van der Waals surface area contributed by atoms with E-state index in [9.17, 15) is 18.4 Å². The molecule has 0 saturated carbocycles. The quantitative estimate of drug-likeness (QED) is 0.672. The minimum absolute atomic E-state index is 0.115. The summed E-state index contributed by atoms with van der Waals surface area (Å²) in [5.41, 5.74) is 1.01. The van der Waals surface area contributed by atoms with E-state index < -0.39 is 17.6 Å². The maximum atomic E-state index is 12.8. The highest BCUT2D eigenvalue weighted by atomic mass is 19.1. The maximum absolute atomic E-state index is 12.8. The van der Waals surface area contributed by atoms with Crippen LogP contribution in [-0.2, 0) is 22.7 Å². The van der Waals surface area contributed by atoms with Crippen LogP contribution in [0.5, 0.6) is 0 Å². The average molecular weight is 372 g/mol. The highest BCUT2D eigenvalue weighted by Gasteiger charge is 2.11. The third-order valence-corrected chi connectivity index (χ3v) is 3.45. The molecule has 1 aromatic heterocycles. The fraction of sp³-hybridized carbons (Fsp3) is 0.111. The Bertz CT molecular complexity index is 940. The van der Waals surface area contributed by atoms with Crippen molar-refractivity contribution < 1.29 is 23.1 Å². The highest BCUT2D eigenvalue weighted by Crippen LogP contribution is 2.09. The Hall–Kier alpha value is -3.62. The zero-order chi connectivity index (χ0) is 19.2. The van der Waals surface area contributed by atoms with E-state index in [1.54, 1.807) is 0 Å². The van der Waals surface area contributed by atoms with Crippen molar-refractivity contribution in [2.24, 2.45) is 0 Å². The number of hydrogen-bond donors (Lipinski definition) is 1. The molecular weight excluding hydrogens is 358 g/mol. The molecule has 27 heavy (non-hydrogen) atoms. The van der Waals surface area contributed by atoms with Crippen molar-refractivity contribution in [2.75, 3.05) is 5.32 Å². The van der Waals surface area contributed by atoms with Crippen molar-refractivity contribution in [1.29, 1.82) is 0 Å². The van der Waals surface area contributed by atoms with E-state index in [4.69, 9.17) is 4.74 Å². The minimum atomic E-state index is -0.626. The Morgan fingerprint density at radius 2 is 1.63 bits per heavy atom. The van der Waals surface area contributed by atoms with Crippen molar-refractivity contribution in [1.82, 2.24) is 15.0 Å². The molecular formula is C18H14F2N4O3. The van der Waals surface area contributed by atoms with Gasteiger partial charge in [-0.3, -0.25) is 4.79 Å². The van der Waals surface area contributed by atoms with Crippen LogP contribution in [-0.4, -0.2) is 26.9 Å². The number of aromatic nitrogens is 3. The number of ether oxygens (including phenoxy) is 1. The monoisotopic (exact) mass is 372 g/mol. The maximum Gasteiger partial charge on any atom is 0.338 e. The van der Waals surface area contributed by atoms with Gasteiger partial charge in [-0.15, -0.1) is 5.10 Å². The molecule has 138 valence electrons. The number of esters is 1. The molecule has 0 bridgehead atoms. The Morgan fingerprint density at radius 3 is 2.30 bits per heavy atom. The number of nitrogens with one attached hydrogen (secondary N) is 1. The van der Waals surface area contributed by atoms with Gasteiger partial charge in [-0.2, -0.15) is 0 Å². The molecule has 2 aromatic carbocycles. The van der Waals surface area contributed by atoms with Gasteiger partial charge in [0.05, 0.1) is 11.8 Å². The molecule has 0 spiro atoms. The Kier molecular flexibility index (Phi) is 5.50. The van der Waals surface area contributed by atoms with Gasteiger partial charge in [0.15, 0.2) is 0 Å². The van der Waals surface area contributed by atoms with Gasteiger partial charge < -0.3 is 10.1 Å². The summed E-state index contributed by atoms with van der Waals surface area (Å²) >= 11 is 0. The van der Waals surface area contributed by atoms with E-state index in [1.165, 1.54) is 47.3 Å². The molecule has 9 heteroatoms. The molecule has 1 N–H and O–H groups in total. The molecule has 0 unspecified atom stereocenters. The number of halogens is 2. The van der Waals surface area contributed by atoms with Crippen LogP contribution < -0.4 is 5.32 Å². The van der Waals surface area contributed by atoms with Crippen molar-refractivity contribution in [3.05, 3.63) is 77.6 Å². The van der Waals surface area contributed by atoms with E-state index in [-0.39, 0.29) is 24.6 Å². The number of nitrogens with zero attached hydrogens (tertiary/aromatic N) is 3. The molecule has 1 amide bonds. The Morgan fingerprint density at radius 1 is 1.00 bits per heavy atom. The van der Waals surface area contributed by atoms with Gasteiger partial charge in [0.2, 0.25) is 5.91 Å². The van der Waals surface area contributed by atoms with Crippen LogP contribution in [0.4, 0.5) is 14.5 Å². The van der Waals surface area contributed by atoms with E-state index in [1.807, 2.05) is 0 Å². The number of carbonyl (C=O) groups excluding carboxylic acids is 2. The summed E-state index contributed by atoms with van der Waals surface area (Å²) in [6, 6.07) is 10.3. The first-order valence-electron chi connectivity index (χ1n) is 7.87. The van der Waals surface area contributed by atoms with E-state index >= 15 is 0 Å². The van der Waals surface area contributed by atoms with Crippen LogP contribution in [0, 0.1) is 11.6 Å². The number of carbonyl (C=O) groups is 2. The van der Waals surface area contributed by atoms with E-state index in [0.717, 1.165) is 12.1 Å². The summed E-state index contributed by atoms with van der Waals surface area (Å²) in [6.07, 6.45) is 1.46. The molecule has 1 heterocycles. The van der Waals surface area contributed by atoms with Gasteiger partial charge in [-0.25, -0.2) is 18.3 Å². The molecule has 3 rings (SSSR count). The molecule has 7 nitrogen and oxygen atoms in total. The summed E-state index contributed by atoms with van der Waals surface area (Å²) < 4.78 is 32.0. The first-order valence-corrected chi connectivity index (χ1v) is 7.87. The lowest BCUT2D eigenvalue weighted by Gasteiger charge is -2.04. The van der Waals surface area contributed by atoms with Crippen LogP contribution in [0.15, 0.2) is 54.7 Å². The third-order valence-electron chi connectivity index (χ3n) is 3.45. The van der Waals surface area contributed by atoms with Crippen LogP contribution in [0.3, 0.4) is 0 Å².